The van der Waals surface area contributed by atoms with Crippen LogP contribution in [-0.2, 0) is 0 Å². The molecule has 2 aromatic carbocycles. The summed E-state index contributed by atoms with van der Waals surface area (Å²) < 4.78 is 15.8. The van der Waals surface area contributed by atoms with E-state index in [0.717, 1.165) is 16.6 Å². The van der Waals surface area contributed by atoms with Crippen LogP contribution < -0.4 is 24.6 Å². The molecule has 2 aromatic rings. The lowest BCUT2D eigenvalue weighted by molar-refractivity contribution is -0.207. The van der Waals surface area contributed by atoms with Crippen molar-refractivity contribution in [3.05, 3.63) is 47.5 Å². The predicted octanol–water partition coefficient (Wildman–Crippen LogP) is 2.13. The SMILES string of the molecule is COc1ccc(P=C([O-])c2c(OC)cccc2OC)c(C)c1. The van der Waals surface area contributed by atoms with Crippen LogP contribution >= 0.6 is 8.20 Å². The Labute approximate surface area is 132 Å². The van der Waals surface area contributed by atoms with Gasteiger partial charge in [0.05, 0.1) is 21.3 Å². The highest BCUT2D eigenvalue weighted by Gasteiger charge is 2.09. The normalized spacial score (nSPS) is 11.2. The van der Waals surface area contributed by atoms with Crippen molar-refractivity contribution in [2.75, 3.05) is 21.3 Å². The summed E-state index contributed by atoms with van der Waals surface area (Å²) in [6.45, 7) is 1.96. The minimum absolute atomic E-state index is 0.0671. The molecule has 0 spiro atoms. The smallest absolute Gasteiger partial charge is 0.129 e. The van der Waals surface area contributed by atoms with Crippen molar-refractivity contribution in [3.8, 4) is 17.2 Å². The van der Waals surface area contributed by atoms with Crippen LogP contribution in [0, 0.1) is 6.92 Å². The number of rotatable bonds is 5. The van der Waals surface area contributed by atoms with E-state index in [4.69, 9.17) is 14.2 Å². The van der Waals surface area contributed by atoms with Gasteiger partial charge < -0.3 is 19.3 Å². The van der Waals surface area contributed by atoms with Gasteiger partial charge in [-0.1, -0.05) is 19.8 Å². The summed E-state index contributed by atoms with van der Waals surface area (Å²) in [5.74, 6) is 1.81. The quantitative estimate of drug-likeness (QED) is 0.793. The van der Waals surface area contributed by atoms with E-state index in [0.29, 0.717) is 25.3 Å². The highest BCUT2D eigenvalue weighted by Crippen LogP contribution is 2.29. The van der Waals surface area contributed by atoms with E-state index in [1.807, 2.05) is 25.1 Å². The van der Waals surface area contributed by atoms with Gasteiger partial charge in [-0.05, 0) is 42.8 Å². The summed E-state index contributed by atoms with van der Waals surface area (Å²) in [6.07, 6.45) is 0. The number of hydrogen-bond donors (Lipinski definition) is 0. The molecule has 0 fully saturated rings. The average molecular weight is 317 g/mol. The lowest BCUT2D eigenvalue weighted by Gasteiger charge is -2.19. The molecule has 5 heteroatoms. The molecule has 0 amide bonds. The Balaban J connectivity index is 2.49. The maximum absolute atomic E-state index is 12.7. The van der Waals surface area contributed by atoms with Gasteiger partial charge in [0.1, 0.15) is 17.2 Å². The molecule has 116 valence electrons. The summed E-state index contributed by atoms with van der Waals surface area (Å²) in [4.78, 5) is 0. The van der Waals surface area contributed by atoms with Crippen LogP contribution in [0.4, 0.5) is 0 Å². The molecule has 0 saturated heterocycles. The minimum Gasteiger partial charge on any atom is -0.823 e. The Morgan fingerprint density at radius 1 is 0.955 bits per heavy atom. The third kappa shape index (κ3) is 3.41. The van der Waals surface area contributed by atoms with Gasteiger partial charge in [-0.15, -0.1) is 0 Å². The lowest BCUT2D eigenvalue weighted by atomic mass is 10.2. The first kappa shape index (κ1) is 16.3. The van der Waals surface area contributed by atoms with Gasteiger partial charge in [0.2, 0.25) is 0 Å². The summed E-state index contributed by atoms with van der Waals surface area (Å²) in [7, 11) is 5.28. The fraction of sp³-hybridized carbons (Fsp3) is 0.235. The van der Waals surface area contributed by atoms with Gasteiger partial charge in [0, 0.05) is 10.9 Å². The number of aryl methyl sites for hydroxylation is 1. The van der Waals surface area contributed by atoms with Crippen molar-refractivity contribution in [3.63, 3.8) is 0 Å². The van der Waals surface area contributed by atoms with Gasteiger partial charge in [0.15, 0.2) is 0 Å². The third-order valence-electron chi connectivity index (χ3n) is 3.27. The molecule has 0 bridgehead atoms. The first-order valence-corrected chi connectivity index (χ1v) is 7.61. The van der Waals surface area contributed by atoms with Crippen molar-refractivity contribution in [2.45, 2.75) is 6.92 Å². The maximum Gasteiger partial charge on any atom is 0.129 e. The zero-order chi connectivity index (χ0) is 16.1. The molecule has 4 nitrogen and oxygen atoms in total. The monoisotopic (exact) mass is 317 g/mol. The van der Waals surface area contributed by atoms with Gasteiger partial charge >= 0.3 is 0 Å². The zero-order valence-corrected chi connectivity index (χ0v) is 13.9. The Morgan fingerprint density at radius 2 is 1.59 bits per heavy atom. The fourth-order valence-corrected chi connectivity index (χ4v) is 3.05. The maximum atomic E-state index is 12.7. The highest BCUT2D eigenvalue weighted by atomic mass is 31.1. The second kappa shape index (κ2) is 7.30. The van der Waals surface area contributed by atoms with Gasteiger partial charge in [-0.25, -0.2) is 0 Å². The lowest BCUT2D eigenvalue weighted by Crippen LogP contribution is -2.20. The number of methoxy groups -OCH3 is 3. The number of benzene rings is 2. The van der Waals surface area contributed by atoms with Crippen LogP contribution in [0.2, 0.25) is 0 Å². The molecule has 0 N–H and O–H groups in total. The molecule has 0 radical (unpaired) electrons. The number of ether oxygens (including phenoxy) is 3. The summed E-state index contributed by atoms with van der Waals surface area (Å²) in [6, 6.07) is 11.0. The first-order valence-electron chi connectivity index (χ1n) is 6.72. The minimum atomic E-state index is -0.0671. The first-order chi connectivity index (χ1) is 10.6. The summed E-state index contributed by atoms with van der Waals surface area (Å²) in [5, 5.41) is 13.6. The second-order valence-electron chi connectivity index (χ2n) is 4.61. The van der Waals surface area contributed by atoms with Crippen LogP contribution in [-0.4, -0.2) is 26.8 Å². The molecule has 0 saturated carbocycles. The average Bonchev–Trinajstić information content (AvgIpc) is 2.55. The van der Waals surface area contributed by atoms with E-state index in [2.05, 4.69) is 0 Å². The molecule has 0 aliphatic carbocycles. The third-order valence-corrected chi connectivity index (χ3v) is 4.44. The Morgan fingerprint density at radius 3 is 2.09 bits per heavy atom. The second-order valence-corrected chi connectivity index (χ2v) is 5.72. The largest absolute Gasteiger partial charge is 0.823 e. The topological polar surface area (TPSA) is 50.8 Å². The van der Waals surface area contributed by atoms with Gasteiger partial charge in [-0.2, -0.15) is 0 Å². The van der Waals surface area contributed by atoms with Crippen LogP contribution in [0.1, 0.15) is 11.1 Å². The standard InChI is InChI=1S/C17H19O4P/c1-11-10-12(19-2)8-9-15(11)22-17(18)16-13(20-3)6-5-7-14(16)21-4/h5-10,18H,1-4H3/p-1. The predicted molar refractivity (Wildman–Crippen MR) is 87.9 cm³/mol. The van der Waals surface area contributed by atoms with Gasteiger partial charge in [-0.3, -0.25) is 0 Å². The van der Waals surface area contributed by atoms with Crippen LogP contribution in [0.3, 0.4) is 0 Å². The van der Waals surface area contributed by atoms with E-state index in [1.54, 1.807) is 39.5 Å². The molecule has 0 unspecified atom stereocenters. The van der Waals surface area contributed by atoms with Crippen molar-refractivity contribution < 1.29 is 19.3 Å². The molecule has 2 rings (SSSR count). The molecule has 0 heterocycles. The van der Waals surface area contributed by atoms with Crippen molar-refractivity contribution >= 4 is 19.0 Å². The summed E-state index contributed by atoms with van der Waals surface area (Å²) in [5.41, 5.74) is 1.40. The Hall–Kier alpha value is -2.03. The molecule has 0 aliphatic rings. The fourth-order valence-electron chi connectivity index (χ4n) is 2.11. The molecular formula is C17H18O4P-. The number of hydrogen-bond acceptors (Lipinski definition) is 4. The Bertz CT molecular complexity index is 673. The highest BCUT2D eigenvalue weighted by molar-refractivity contribution is 7.49. The molecule has 0 aromatic heterocycles. The van der Waals surface area contributed by atoms with Gasteiger partial charge in [0.25, 0.3) is 0 Å². The molecule has 0 aliphatic heterocycles. The van der Waals surface area contributed by atoms with Crippen LogP contribution in [0.25, 0.3) is 0 Å². The summed E-state index contributed by atoms with van der Waals surface area (Å²) >= 11 is 0. The van der Waals surface area contributed by atoms with Crippen molar-refractivity contribution in [2.24, 2.45) is 0 Å². The van der Waals surface area contributed by atoms with E-state index in [9.17, 15) is 5.11 Å². The van der Waals surface area contributed by atoms with Crippen LogP contribution in [0.5, 0.6) is 17.2 Å². The van der Waals surface area contributed by atoms with E-state index in [1.165, 1.54) is 0 Å². The molecule has 22 heavy (non-hydrogen) atoms. The zero-order valence-electron chi connectivity index (χ0n) is 13.0. The Kier molecular flexibility index (Phi) is 5.42. The molecular weight excluding hydrogens is 299 g/mol. The van der Waals surface area contributed by atoms with Crippen molar-refractivity contribution in [1.29, 1.82) is 0 Å². The van der Waals surface area contributed by atoms with E-state index < -0.39 is 0 Å². The van der Waals surface area contributed by atoms with E-state index >= 15 is 0 Å². The van der Waals surface area contributed by atoms with Crippen molar-refractivity contribution in [1.82, 2.24) is 0 Å². The molecule has 0 atom stereocenters. The van der Waals surface area contributed by atoms with E-state index in [-0.39, 0.29) is 5.48 Å². The van der Waals surface area contributed by atoms with Crippen LogP contribution in [0.15, 0.2) is 36.4 Å².